The molecule has 0 aliphatic rings. The van der Waals surface area contributed by atoms with E-state index in [2.05, 4.69) is 58.0 Å². The zero-order chi connectivity index (χ0) is 19.6. The van der Waals surface area contributed by atoms with E-state index in [4.69, 9.17) is 0 Å². The number of benzene rings is 1. The van der Waals surface area contributed by atoms with Crippen LogP contribution in [0.4, 0.5) is 0 Å². The Kier molecular flexibility index (Phi) is 10.8. The Balaban J connectivity index is 3.44. The summed E-state index contributed by atoms with van der Waals surface area (Å²) in [6.07, 6.45) is 8.04. The van der Waals surface area contributed by atoms with Crippen LogP contribution in [0.5, 0.6) is 0 Å². The third-order valence-electron chi connectivity index (χ3n) is 6.52. The molecule has 0 fully saturated rings. The van der Waals surface area contributed by atoms with Crippen molar-refractivity contribution in [3.05, 3.63) is 35.9 Å². The molecule has 0 saturated carbocycles. The monoisotopic (exact) mass is 468 g/mol. The van der Waals surface area contributed by atoms with Gasteiger partial charge in [0.15, 0.2) is 0 Å². The molecule has 1 aromatic rings. The molecule has 0 aromatic heterocycles. The predicted molar refractivity (Wildman–Crippen MR) is 120 cm³/mol. The molecule has 0 radical (unpaired) electrons. The molecule has 0 unspecified atom stereocenters. The number of hydrogen-bond acceptors (Lipinski definition) is 1. The number of rotatable bonds is 13. The van der Waals surface area contributed by atoms with Gasteiger partial charge in [-0.3, -0.25) is 0 Å². The molecule has 0 amide bonds. The normalized spacial score (nSPS) is 15.0. The van der Waals surface area contributed by atoms with E-state index in [1.807, 2.05) is 13.8 Å². The zero-order valence-corrected chi connectivity index (χ0v) is 21.2. The quantitative estimate of drug-likeness (QED) is 0.297. The van der Waals surface area contributed by atoms with E-state index < -0.39 is 24.0 Å². The SMILES string of the molecule is CCC[CH2][Sn]([CH2]CCC)([CH2]CCC)[C@@H](c1ccccc1)[C@H](C)C(C)(C)O. The van der Waals surface area contributed by atoms with Gasteiger partial charge >= 0.3 is 168 Å². The summed E-state index contributed by atoms with van der Waals surface area (Å²) in [5.41, 5.74) is 0.897. The van der Waals surface area contributed by atoms with E-state index in [9.17, 15) is 5.11 Å². The molecule has 0 bridgehead atoms. The molecule has 0 aliphatic heterocycles. The molecule has 2 atom stereocenters. The van der Waals surface area contributed by atoms with Gasteiger partial charge in [-0.1, -0.05) is 0 Å². The second kappa shape index (κ2) is 11.7. The van der Waals surface area contributed by atoms with Crippen molar-refractivity contribution in [2.45, 2.75) is 103 Å². The van der Waals surface area contributed by atoms with Crippen LogP contribution >= 0.6 is 0 Å². The topological polar surface area (TPSA) is 20.2 Å². The Bertz CT molecular complexity index is 455. The van der Waals surface area contributed by atoms with Gasteiger partial charge in [-0.25, -0.2) is 0 Å². The first-order valence-electron chi connectivity index (χ1n) is 11.1. The van der Waals surface area contributed by atoms with E-state index in [0.29, 0.717) is 9.85 Å². The Morgan fingerprint density at radius 2 is 1.27 bits per heavy atom. The van der Waals surface area contributed by atoms with Crippen molar-refractivity contribution < 1.29 is 5.11 Å². The Hall–Kier alpha value is -0.0213. The summed E-state index contributed by atoms with van der Waals surface area (Å²) in [7, 11) is 0. The molecule has 2 heteroatoms. The average molecular weight is 467 g/mol. The summed E-state index contributed by atoms with van der Waals surface area (Å²) >= 11 is -2.51. The van der Waals surface area contributed by atoms with Crippen LogP contribution in [-0.4, -0.2) is 29.1 Å². The van der Waals surface area contributed by atoms with Crippen molar-refractivity contribution in [1.82, 2.24) is 0 Å². The van der Waals surface area contributed by atoms with Crippen LogP contribution in [0.15, 0.2) is 30.3 Å². The molecule has 0 saturated heterocycles. The molecule has 1 aromatic carbocycles. The summed E-state index contributed by atoms with van der Waals surface area (Å²) < 4.78 is 5.09. The Morgan fingerprint density at radius 3 is 1.62 bits per heavy atom. The van der Waals surface area contributed by atoms with Gasteiger partial charge in [-0.15, -0.1) is 0 Å². The summed E-state index contributed by atoms with van der Waals surface area (Å²) in [6, 6.07) is 11.2. The molecule has 0 aliphatic carbocycles. The van der Waals surface area contributed by atoms with Gasteiger partial charge in [-0.05, 0) is 0 Å². The van der Waals surface area contributed by atoms with Gasteiger partial charge in [-0.2, -0.15) is 0 Å². The first-order chi connectivity index (χ1) is 12.3. The van der Waals surface area contributed by atoms with Crippen molar-refractivity contribution in [1.29, 1.82) is 0 Å². The van der Waals surface area contributed by atoms with Crippen LogP contribution in [0.1, 0.15) is 89.6 Å². The van der Waals surface area contributed by atoms with Crippen LogP contribution in [-0.2, 0) is 0 Å². The third-order valence-corrected chi connectivity index (χ3v) is 24.2. The van der Waals surface area contributed by atoms with Gasteiger partial charge in [0, 0.05) is 0 Å². The average Bonchev–Trinajstić information content (AvgIpc) is 2.62. The van der Waals surface area contributed by atoms with Gasteiger partial charge in [0.2, 0.25) is 0 Å². The molecule has 1 rings (SSSR count). The minimum atomic E-state index is -2.51. The second-order valence-electron chi connectivity index (χ2n) is 9.00. The van der Waals surface area contributed by atoms with Gasteiger partial charge in [0.05, 0.1) is 0 Å². The zero-order valence-electron chi connectivity index (χ0n) is 18.4. The fourth-order valence-corrected chi connectivity index (χ4v) is 25.3. The maximum atomic E-state index is 11.0. The standard InChI is InChI=1S/C12H17O.3C4H9.Sn/c1-10(12(2,3)13)9-11-7-5-4-6-8-11;3*1-3-4-2;/h4-10,13H,1-3H3;3*1,3-4H2,2H3;/t10-;;;;/m0..../s1. The van der Waals surface area contributed by atoms with Crippen LogP contribution in [0.2, 0.25) is 13.3 Å². The van der Waals surface area contributed by atoms with E-state index in [-0.39, 0.29) is 0 Å². The van der Waals surface area contributed by atoms with Crippen molar-refractivity contribution in [2.24, 2.45) is 5.92 Å². The Morgan fingerprint density at radius 1 is 0.846 bits per heavy atom. The predicted octanol–water partition coefficient (Wildman–Crippen LogP) is 7.57. The first kappa shape index (κ1) is 24.0. The third kappa shape index (κ3) is 6.85. The van der Waals surface area contributed by atoms with Crippen LogP contribution in [0.25, 0.3) is 0 Å². The molecule has 150 valence electrons. The first-order valence-corrected chi connectivity index (χ1v) is 18.8. The molecule has 26 heavy (non-hydrogen) atoms. The van der Waals surface area contributed by atoms with Crippen molar-refractivity contribution >= 4 is 18.4 Å². The van der Waals surface area contributed by atoms with E-state index >= 15 is 0 Å². The number of aliphatic hydroxyl groups is 1. The van der Waals surface area contributed by atoms with E-state index in [1.165, 1.54) is 57.4 Å². The molecule has 0 spiro atoms. The number of unbranched alkanes of at least 4 members (excludes halogenated alkanes) is 3. The molecule has 0 heterocycles. The van der Waals surface area contributed by atoms with Gasteiger partial charge in [0.25, 0.3) is 0 Å². The fourth-order valence-electron chi connectivity index (χ4n) is 4.67. The van der Waals surface area contributed by atoms with Crippen molar-refractivity contribution in [3.63, 3.8) is 0 Å². The Labute approximate surface area is 167 Å². The summed E-state index contributed by atoms with van der Waals surface area (Å²) in [5, 5.41) is 11.0. The van der Waals surface area contributed by atoms with Crippen molar-refractivity contribution in [3.8, 4) is 0 Å². The molecular weight excluding hydrogens is 423 g/mol. The number of hydrogen-bond donors (Lipinski definition) is 1. The summed E-state index contributed by atoms with van der Waals surface area (Å²) in [5.74, 6) is 0.325. The minimum absolute atomic E-state index is 0.325. The van der Waals surface area contributed by atoms with Crippen LogP contribution in [0, 0.1) is 5.92 Å². The molecule has 1 nitrogen and oxygen atoms in total. The van der Waals surface area contributed by atoms with Gasteiger partial charge < -0.3 is 0 Å². The summed E-state index contributed by atoms with van der Waals surface area (Å²) in [6.45, 7) is 13.4. The van der Waals surface area contributed by atoms with Crippen LogP contribution < -0.4 is 0 Å². The van der Waals surface area contributed by atoms with E-state index in [0.717, 1.165) is 0 Å². The molecular formula is C24H44OSn. The van der Waals surface area contributed by atoms with Gasteiger partial charge in [0.1, 0.15) is 0 Å². The fraction of sp³-hybridized carbons (Fsp3) is 0.750. The summed E-state index contributed by atoms with van der Waals surface area (Å²) in [4.78, 5) is 0. The van der Waals surface area contributed by atoms with Crippen molar-refractivity contribution in [2.75, 3.05) is 0 Å². The second-order valence-corrected chi connectivity index (χ2v) is 22.8. The molecule has 1 N–H and O–H groups in total. The van der Waals surface area contributed by atoms with E-state index in [1.54, 1.807) is 0 Å². The maximum absolute atomic E-state index is 11.0. The van der Waals surface area contributed by atoms with Crippen LogP contribution in [0.3, 0.4) is 0 Å².